The van der Waals surface area contributed by atoms with Gasteiger partial charge in [0.1, 0.15) is 0 Å². The number of rotatable bonds is 8. The standard InChI is InChI=1S/C15H25NO/c1-3-15(16-13(2)8-7-11-17)12-14-9-5-4-6-10-14/h4-6,9-10,13,15-17H,3,7-8,11-12H2,1-2H3. The molecule has 0 saturated heterocycles. The SMILES string of the molecule is CCC(Cc1ccccc1)NC(C)CCCO. The molecule has 0 heterocycles. The Kier molecular flexibility index (Phi) is 6.90. The van der Waals surface area contributed by atoms with Crippen molar-refractivity contribution in [2.24, 2.45) is 0 Å². The lowest BCUT2D eigenvalue weighted by Crippen LogP contribution is -2.37. The first-order chi connectivity index (χ1) is 8.26. The molecule has 0 radical (unpaired) electrons. The van der Waals surface area contributed by atoms with E-state index in [4.69, 9.17) is 5.11 Å². The minimum Gasteiger partial charge on any atom is -0.396 e. The summed E-state index contributed by atoms with van der Waals surface area (Å²) in [5.74, 6) is 0. The summed E-state index contributed by atoms with van der Waals surface area (Å²) in [4.78, 5) is 0. The zero-order valence-corrected chi connectivity index (χ0v) is 11.0. The number of aliphatic hydroxyl groups excluding tert-OH is 1. The topological polar surface area (TPSA) is 32.3 Å². The Balaban J connectivity index is 2.38. The van der Waals surface area contributed by atoms with E-state index in [-0.39, 0.29) is 0 Å². The highest BCUT2D eigenvalue weighted by molar-refractivity contribution is 5.15. The smallest absolute Gasteiger partial charge is 0.0431 e. The van der Waals surface area contributed by atoms with E-state index in [0.29, 0.717) is 18.7 Å². The van der Waals surface area contributed by atoms with Crippen molar-refractivity contribution in [1.82, 2.24) is 5.32 Å². The fraction of sp³-hybridized carbons (Fsp3) is 0.600. The fourth-order valence-electron chi connectivity index (χ4n) is 2.10. The molecule has 0 saturated carbocycles. The van der Waals surface area contributed by atoms with Crippen LogP contribution in [0.2, 0.25) is 0 Å². The van der Waals surface area contributed by atoms with Gasteiger partial charge in [0, 0.05) is 18.7 Å². The van der Waals surface area contributed by atoms with Gasteiger partial charge in [-0.2, -0.15) is 0 Å². The van der Waals surface area contributed by atoms with Crippen molar-refractivity contribution >= 4 is 0 Å². The number of nitrogens with one attached hydrogen (secondary N) is 1. The molecule has 0 aliphatic heterocycles. The second-order valence-electron chi connectivity index (χ2n) is 4.73. The maximum absolute atomic E-state index is 8.81. The van der Waals surface area contributed by atoms with E-state index < -0.39 is 0 Å². The van der Waals surface area contributed by atoms with E-state index >= 15 is 0 Å². The molecule has 2 N–H and O–H groups in total. The Morgan fingerprint density at radius 3 is 2.53 bits per heavy atom. The molecule has 17 heavy (non-hydrogen) atoms. The molecule has 0 aromatic heterocycles. The highest BCUT2D eigenvalue weighted by Gasteiger charge is 2.10. The first-order valence-electron chi connectivity index (χ1n) is 6.67. The Labute approximate surface area is 105 Å². The van der Waals surface area contributed by atoms with Crippen molar-refractivity contribution in [3.05, 3.63) is 35.9 Å². The van der Waals surface area contributed by atoms with Gasteiger partial charge in [-0.3, -0.25) is 0 Å². The van der Waals surface area contributed by atoms with Gasteiger partial charge in [0.2, 0.25) is 0 Å². The van der Waals surface area contributed by atoms with Crippen LogP contribution in [0.3, 0.4) is 0 Å². The molecule has 0 bridgehead atoms. The van der Waals surface area contributed by atoms with Gasteiger partial charge in [0.25, 0.3) is 0 Å². The average Bonchev–Trinajstić information content (AvgIpc) is 2.36. The number of hydrogen-bond acceptors (Lipinski definition) is 2. The normalized spacial score (nSPS) is 14.5. The van der Waals surface area contributed by atoms with Crippen molar-refractivity contribution < 1.29 is 5.11 Å². The van der Waals surface area contributed by atoms with Crippen LogP contribution in [0.15, 0.2) is 30.3 Å². The molecular weight excluding hydrogens is 210 g/mol. The Bertz CT molecular complexity index is 286. The molecule has 0 spiro atoms. The predicted molar refractivity (Wildman–Crippen MR) is 73.1 cm³/mol. The van der Waals surface area contributed by atoms with Crippen LogP contribution in [0.25, 0.3) is 0 Å². The Hall–Kier alpha value is -0.860. The van der Waals surface area contributed by atoms with E-state index in [2.05, 4.69) is 49.5 Å². The van der Waals surface area contributed by atoms with Gasteiger partial charge < -0.3 is 10.4 Å². The molecule has 0 amide bonds. The molecule has 2 heteroatoms. The van der Waals surface area contributed by atoms with Gasteiger partial charge in [0.15, 0.2) is 0 Å². The largest absolute Gasteiger partial charge is 0.396 e. The monoisotopic (exact) mass is 235 g/mol. The third-order valence-electron chi connectivity index (χ3n) is 3.13. The molecule has 2 nitrogen and oxygen atoms in total. The van der Waals surface area contributed by atoms with Crippen LogP contribution >= 0.6 is 0 Å². The van der Waals surface area contributed by atoms with Crippen molar-refractivity contribution in [3.63, 3.8) is 0 Å². The van der Waals surface area contributed by atoms with E-state index in [0.717, 1.165) is 25.7 Å². The van der Waals surface area contributed by atoms with E-state index in [1.807, 2.05) is 0 Å². The van der Waals surface area contributed by atoms with Crippen LogP contribution < -0.4 is 5.32 Å². The summed E-state index contributed by atoms with van der Waals surface area (Å²) in [7, 11) is 0. The van der Waals surface area contributed by atoms with Gasteiger partial charge in [-0.15, -0.1) is 0 Å². The molecule has 0 aliphatic rings. The van der Waals surface area contributed by atoms with Crippen LogP contribution in [0.5, 0.6) is 0 Å². The lowest BCUT2D eigenvalue weighted by molar-refractivity contribution is 0.273. The predicted octanol–water partition coefficient (Wildman–Crippen LogP) is 2.76. The van der Waals surface area contributed by atoms with Crippen molar-refractivity contribution in [3.8, 4) is 0 Å². The molecule has 1 aromatic rings. The first-order valence-corrected chi connectivity index (χ1v) is 6.67. The highest BCUT2D eigenvalue weighted by atomic mass is 16.2. The van der Waals surface area contributed by atoms with Crippen LogP contribution in [-0.2, 0) is 6.42 Å². The van der Waals surface area contributed by atoms with Crippen molar-refractivity contribution in [1.29, 1.82) is 0 Å². The van der Waals surface area contributed by atoms with E-state index in [1.54, 1.807) is 0 Å². The summed E-state index contributed by atoms with van der Waals surface area (Å²) in [6.45, 7) is 4.71. The third-order valence-corrected chi connectivity index (χ3v) is 3.13. The summed E-state index contributed by atoms with van der Waals surface area (Å²) in [6, 6.07) is 11.6. The van der Waals surface area contributed by atoms with Crippen molar-refractivity contribution in [2.75, 3.05) is 6.61 Å². The Morgan fingerprint density at radius 1 is 1.24 bits per heavy atom. The Morgan fingerprint density at radius 2 is 1.94 bits per heavy atom. The summed E-state index contributed by atoms with van der Waals surface area (Å²) in [6.07, 6.45) is 4.15. The molecular formula is C15H25NO. The minimum atomic E-state index is 0.293. The van der Waals surface area contributed by atoms with E-state index in [1.165, 1.54) is 5.56 Å². The van der Waals surface area contributed by atoms with Gasteiger partial charge in [-0.25, -0.2) is 0 Å². The first kappa shape index (κ1) is 14.2. The summed E-state index contributed by atoms with van der Waals surface area (Å²) in [5.41, 5.74) is 1.39. The summed E-state index contributed by atoms with van der Waals surface area (Å²) in [5, 5.41) is 12.5. The maximum Gasteiger partial charge on any atom is 0.0431 e. The molecule has 96 valence electrons. The second-order valence-corrected chi connectivity index (χ2v) is 4.73. The zero-order valence-electron chi connectivity index (χ0n) is 11.0. The number of benzene rings is 1. The molecule has 2 unspecified atom stereocenters. The van der Waals surface area contributed by atoms with Gasteiger partial charge in [-0.1, -0.05) is 37.3 Å². The fourth-order valence-corrected chi connectivity index (χ4v) is 2.10. The summed E-state index contributed by atoms with van der Waals surface area (Å²) < 4.78 is 0. The average molecular weight is 235 g/mol. The van der Waals surface area contributed by atoms with Gasteiger partial charge in [0.05, 0.1) is 0 Å². The molecule has 2 atom stereocenters. The quantitative estimate of drug-likeness (QED) is 0.726. The third kappa shape index (κ3) is 5.85. The zero-order chi connectivity index (χ0) is 12.5. The van der Waals surface area contributed by atoms with Gasteiger partial charge >= 0.3 is 0 Å². The van der Waals surface area contributed by atoms with Crippen LogP contribution in [0, 0.1) is 0 Å². The molecule has 0 aliphatic carbocycles. The lowest BCUT2D eigenvalue weighted by atomic mass is 10.0. The lowest BCUT2D eigenvalue weighted by Gasteiger charge is -2.22. The number of hydrogen-bond donors (Lipinski definition) is 2. The summed E-state index contributed by atoms with van der Waals surface area (Å²) >= 11 is 0. The maximum atomic E-state index is 8.81. The molecule has 1 aromatic carbocycles. The second kappa shape index (κ2) is 8.26. The minimum absolute atomic E-state index is 0.293. The number of aliphatic hydroxyl groups is 1. The van der Waals surface area contributed by atoms with Crippen molar-refractivity contribution in [2.45, 2.75) is 51.6 Å². The highest BCUT2D eigenvalue weighted by Crippen LogP contribution is 2.07. The molecule has 0 fully saturated rings. The van der Waals surface area contributed by atoms with Gasteiger partial charge in [-0.05, 0) is 38.2 Å². The molecule has 1 rings (SSSR count). The van der Waals surface area contributed by atoms with Crippen LogP contribution in [0.1, 0.15) is 38.7 Å². The van der Waals surface area contributed by atoms with Crippen LogP contribution in [0.4, 0.5) is 0 Å². The van der Waals surface area contributed by atoms with Crippen LogP contribution in [-0.4, -0.2) is 23.8 Å². The van der Waals surface area contributed by atoms with E-state index in [9.17, 15) is 0 Å².